The first-order valence-corrected chi connectivity index (χ1v) is 7.47. The fraction of sp³-hybridized carbons (Fsp3) is 0.308. The van der Waals surface area contributed by atoms with Crippen molar-refractivity contribution < 1.29 is 9.59 Å². The van der Waals surface area contributed by atoms with Gasteiger partial charge in [0.05, 0.1) is 10.2 Å². The Morgan fingerprint density at radius 3 is 2.85 bits per heavy atom. The number of hydrogen-bond acceptors (Lipinski definition) is 4. The van der Waals surface area contributed by atoms with Crippen molar-refractivity contribution in [1.29, 1.82) is 0 Å². The fourth-order valence-electron chi connectivity index (χ4n) is 1.67. The number of nitrogens with zero attached hydrogens (tertiary/aromatic N) is 1. The molecule has 0 aliphatic carbocycles. The molecule has 0 fully saturated rings. The van der Waals surface area contributed by atoms with Gasteiger partial charge >= 0.3 is 0 Å². The summed E-state index contributed by atoms with van der Waals surface area (Å²) in [6, 6.07) is 5.43. The Balaban J connectivity index is 2.12. The summed E-state index contributed by atoms with van der Waals surface area (Å²) in [7, 11) is 0. The summed E-state index contributed by atoms with van der Waals surface area (Å²) in [4.78, 5) is 26.9. The molecule has 0 spiro atoms. The van der Waals surface area contributed by atoms with E-state index in [1.165, 1.54) is 18.3 Å². The monoisotopic (exact) mass is 311 g/mol. The quantitative estimate of drug-likeness (QED) is 0.833. The van der Waals surface area contributed by atoms with Crippen LogP contribution in [0.25, 0.3) is 10.2 Å². The number of aromatic nitrogens is 1. The summed E-state index contributed by atoms with van der Waals surface area (Å²) < 4.78 is 0.906. The summed E-state index contributed by atoms with van der Waals surface area (Å²) in [6.45, 7) is 1.46. The molecule has 2 rings (SSSR count). The fourth-order valence-corrected chi connectivity index (χ4v) is 2.72. The number of carbonyl (C=O) groups is 2. The van der Waals surface area contributed by atoms with E-state index in [9.17, 15) is 9.59 Å². The van der Waals surface area contributed by atoms with Crippen LogP contribution in [0.3, 0.4) is 0 Å². The van der Waals surface area contributed by atoms with Gasteiger partial charge < -0.3 is 10.6 Å². The van der Waals surface area contributed by atoms with Gasteiger partial charge in [-0.3, -0.25) is 9.59 Å². The Labute approximate surface area is 125 Å². The normalized spacial score (nSPS) is 10.5. The van der Waals surface area contributed by atoms with Crippen molar-refractivity contribution in [3.63, 3.8) is 0 Å². The number of fused-ring (bicyclic) bond motifs is 1. The molecule has 0 unspecified atom stereocenters. The standard InChI is InChI=1S/C13H14ClN3O2S/c1-8(18)15-9-4-5-10-11(7-9)20-13(16-10)17-12(19)3-2-6-14/h4-5,7H,2-3,6H2,1H3,(H,15,18)(H,16,17,19). The van der Waals surface area contributed by atoms with E-state index in [0.717, 1.165) is 10.2 Å². The van der Waals surface area contributed by atoms with Gasteiger partial charge in [0.15, 0.2) is 5.13 Å². The number of halogens is 1. The number of anilines is 2. The molecule has 1 heterocycles. The van der Waals surface area contributed by atoms with E-state index in [-0.39, 0.29) is 11.8 Å². The Kier molecular flexibility index (Phi) is 4.92. The van der Waals surface area contributed by atoms with Crippen molar-refractivity contribution in [3.8, 4) is 0 Å². The van der Waals surface area contributed by atoms with Crippen molar-refractivity contribution in [2.75, 3.05) is 16.5 Å². The second kappa shape index (κ2) is 6.67. The smallest absolute Gasteiger partial charge is 0.226 e. The van der Waals surface area contributed by atoms with E-state index in [2.05, 4.69) is 15.6 Å². The Morgan fingerprint density at radius 1 is 1.35 bits per heavy atom. The summed E-state index contributed by atoms with van der Waals surface area (Å²) in [6.07, 6.45) is 1.03. The maximum atomic E-state index is 11.6. The highest BCUT2D eigenvalue weighted by molar-refractivity contribution is 7.22. The van der Waals surface area contributed by atoms with Crippen LogP contribution in [0.4, 0.5) is 10.8 Å². The summed E-state index contributed by atoms with van der Waals surface area (Å²) in [5.41, 5.74) is 1.51. The lowest BCUT2D eigenvalue weighted by molar-refractivity contribution is -0.116. The number of amides is 2. The van der Waals surface area contributed by atoms with Crippen molar-refractivity contribution in [2.45, 2.75) is 19.8 Å². The molecule has 0 saturated heterocycles. The van der Waals surface area contributed by atoms with E-state index < -0.39 is 0 Å². The summed E-state index contributed by atoms with van der Waals surface area (Å²) in [5.74, 6) is 0.253. The highest BCUT2D eigenvalue weighted by atomic mass is 35.5. The van der Waals surface area contributed by atoms with Crippen LogP contribution in [-0.2, 0) is 9.59 Å². The second-order valence-corrected chi connectivity index (χ2v) is 5.63. The number of hydrogen-bond donors (Lipinski definition) is 2. The van der Waals surface area contributed by atoms with Crippen LogP contribution < -0.4 is 10.6 Å². The molecule has 0 aliphatic heterocycles. The maximum absolute atomic E-state index is 11.6. The number of nitrogens with one attached hydrogen (secondary N) is 2. The maximum Gasteiger partial charge on any atom is 0.226 e. The zero-order chi connectivity index (χ0) is 14.5. The minimum absolute atomic E-state index is 0.0909. The Hall–Kier alpha value is -1.66. The van der Waals surface area contributed by atoms with Gasteiger partial charge in [-0.05, 0) is 24.6 Å². The van der Waals surface area contributed by atoms with Gasteiger partial charge in [-0.25, -0.2) is 4.98 Å². The molecule has 7 heteroatoms. The van der Waals surface area contributed by atoms with Crippen LogP contribution in [0.2, 0.25) is 0 Å². The highest BCUT2D eigenvalue weighted by Gasteiger charge is 2.08. The zero-order valence-corrected chi connectivity index (χ0v) is 12.5. The number of thiazole rings is 1. The Bertz CT molecular complexity index is 642. The zero-order valence-electron chi connectivity index (χ0n) is 10.9. The molecule has 0 bridgehead atoms. The summed E-state index contributed by atoms with van der Waals surface area (Å²) in [5, 5.41) is 6.02. The SMILES string of the molecule is CC(=O)Nc1ccc2nc(NC(=O)CCCCl)sc2c1. The molecule has 2 amide bonds. The molecule has 20 heavy (non-hydrogen) atoms. The first-order valence-electron chi connectivity index (χ1n) is 6.12. The molecule has 106 valence electrons. The number of alkyl halides is 1. The molecule has 0 aliphatic rings. The molecule has 0 saturated carbocycles. The van der Waals surface area contributed by atoms with Crippen molar-refractivity contribution in [3.05, 3.63) is 18.2 Å². The Morgan fingerprint density at radius 2 is 2.15 bits per heavy atom. The average molecular weight is 312 g/mol. The van der Waals surface area contributed by atoms with E-state index in [4.69, 9.17) is 11.6 Å². The lowest BCUT2D eigenvalue weighted by Gasteiger charge is -1.99. The topological polar surface area (TPSA) is 71.1 Å². The third-order valence-electron chi connectivity index (χ3n) is 2.49. The number of rotatable bonds is 5. The van der Waals surface area contributed by atoms with Crippen LogP contribution in [0, 0.1) is 0 Å². The van der Waals surface area contributed by atoms with Gasteiger partial charge in [0, 0.05) is 24.9 Å². The third-order valence-corrected chi connectivity index (χ3v) is 3.69. The van der Waals surface area contributed by atoms with Crippen LogP contribution in [0.5, 0.6) is 0 Å². The van der Waals surface area contributed by atoms with Crippen LogP contribution in [0.1, 0.15) is 19.8 Å². The van der Waals surface area contributed by atoms with Gasteiger partial charge in [-0.1, -0.05) is 11.3 Å². The largest absolute Gasteiger partial charge is 0.326 e. The van der Waals surface area contributed by atoms with Crippen LogP contribution in [-0.4, -0.2) is 22.7 Å². The molecule has 1 aromatic carbocycles. The first kappa shape index (κ1) is 14.7. The average Bonchev–Trinajstić information content (AvgIpc) is 2.77. The molecular weight excluding hydrogens is 298 g/mol. The molecule has 2 aromatic rings. The molecular formula is C13H14ClN3O2S. The molecule has 2 N–H and O–H groups in total. The van der Waals surface area contributed by atoms with Gasteiger partial charge in [0.2, 0.25) is 11.8 Å². The van der Waals surface area contributed by atoms with E-state index in [1.54, 1.807) is 6.07 Å². The van der Waals surface area contributed by atoms with Gasteiger partial charge in [0.1, 0.15) is 0 Å². The van der Waals surface area contributed by atoms with Crippen molar-refractivity contribution in [1.82, 2.24) is 4.98 Å². The lowest BCUT2D eigenvalue weighted by atomic mass is 10.3. The van der Waals surface area contributed by atoms with E-state index in [1.807, 2.05) is 12.1 Å². The predicted molar refractivity (Wildman–Crippen MR) is 82.5 cm³/mol. The highest BCUT2D eigenvalue weighted by Crippen LogP contribution is 2.28. The van der Waals surface area contributed by atoms with E-state index >= 15 is 0 Å². The minimum atomic E-state index is -0.122. The van der Waals surface area contributed by atoms with Crippen LogP contribution in [0.15, 0.2) is 18.2 Å². The second-order valence-electron chi connectivity index (χ2n) is 4.22. The minimum Gasteiger partial charge on any atom is -0.326 e. The summed E-state index contributed by atoms with van der Waals surface area (Å²) >= 11 is 6.92. The van der Waals surface area contributed by atoms with Gasteiger partial charge in [-0.15, -0.1) is 11.6 Å². The van der Waals surface area contributed by atoms with Crippen molar-refractivity contribution >= 4 is 55.8 Å². The number of benzene rings is 1. The number of carbonyl (C=O) groups excluding carboxylic acids is 2. The molecule has 0 radical (unpaired) electrons. The predicted octanol–water partition coefficient (Wildman–Crippen LogP) is 3.21. The lowest BCUT2D eigenvalue weighted by Crippen LogP contribution is -2.10. The van der Waals surface area contributed by atoms with Gasteiger partial charge in [0.25, 0.3) is 0 Å². The molecule has 0 atom stereocenters. The first-order chi connectivity index (χ1) is 9.58. The van der Waals surface area contributed by atoms with Crippen molar-refractivity contribution in [2.24, 2.45) is 0 Å². The van der Waals surface area contributed by atoms with E-state index in [0.29, 0.717) is 29.5 Å². The van der Waals surface area contributed by atoms with Gasteiger partial charge in [-0.2, -0.15) is 0 Å². The molecule has 5 nitrogen and oxygen atoms in total. The third kappa shape index (κ3) is 3.91. The van der Waals surface area contributed by atoms with Crippen LogP contribution >= 0.6 is 22.9 Å². The molecule has 1 aromatic heterocycles.